The normalized spacial score (nSPS) is 13.8. The maximum atomic E-state index is 10.6. The molecule has 3 nitrogen and oxygen atoms in total. The third-order valence-electron chi connectivity index (χ3n) is 3.36. The Kier molecular flexibility index (Phi) is 5.01. The van der Waals surface area contributed by atoms with Gasteiger partial charge in [-0.2, -0.15) is 0 Å². The molecule has 0 aromatic heterocycles. The van der Waals surface area contributed by atoms with E-state index in [1.165, 1.54) is 0 Å². The first kappa shape index (κ1) is 14.9. The summed E-state index contributed by atoms with van der Waals surface area (Å²) >= 11 is 5.97. The van der Waals surface area contributed by atoms with Crippen LogP contribution in [0, 0.1) is 0 Å². The number of benzene rings is 2. The summed E-state index contributed by atoms with van der Waals surface area (Å²) in [7, 11) is 1.61. The molecule has 2 unspecified atom stereocenters. The summed E-state index contributed by atoms with van der Waals surface area (Å²) in [4.78, 5) is 0. The van der Waals surface area contributed by atoms with Crippen LogP contribution in [0.2, 0.25) is 5.02 Å². The van der Waals surface area contributed by atoms with E-state index < -0.39 is 6.10 Å². The van der Waals surface area contributed by atoms with Gasteiger partial charge in [-0.25, -0.2) is 0 Å². The fraction of sp³-hybridized carbons (Fsp3) is 0.250. The Hall–Kier alpha value is -1.55. The van der Waals surface area contributed by atoms with Crippen LogP contribution in [0.5, 0.6) is 5.75 Å². The van der Waals surface area contributed by atoms with Crippen molar-refractivity contribution in [2.75, 3.05) is 13.7 Å². The van der Waals surface area contributed by atoms with Crippen molar-refractivity contribution < 1.29 is 9.84 Å². The summed E-state index contributed by atoms with van der Waals surface area (Å²) in [5.41, 5.74) is 7.50. The molecule has 2 aromatic rings. The highest BCUT2D eigenvalue weighted by Crippen LogP contribution is 2.35. The molecule has 2 aromatic carbocycles. The monoisotopic (exact) mass is 291 g/mol. The molecular formula is C16H18ClNO2. The van der Waals surface area contributed by atoms with Crippen LogP contribution in [0.1, 0.15) is 23.1 Å². The average Bonchev–Trinajstić information content (AvgIpc) is 2.48. The van der Waals surface area contributed by atoms with Crippen molar-refractivity contribution in [3.63, 3.8) is 0 Å². The first-order valence-electron chi connectivity index (χ1n) is 6.44. The van der Waals surface area contributed by atoms with Gasteiger partial charge in [0.25, 0.3) is 0 Å². The van der Waals surface area contributed by atoms with Crippen molar-refractivity contribution in [3.05, 3.63) is 64.7 Å². The molecule has 0 aliphatic rings. The van der Waals surface area contributed by atoms with Crippen LogP contribution < -0.4 is 10.5 Å². The Balaban J connectivity index is 2.36. The molecule has 0 radical (unpaired) electrons. The van der Waals surface area contributed by atoms with Gasteiger partial charge in [-0.05, 0) is 23.8 Å². The molecule has 0 fully saturated rings. The van der Waals surface area contributed by atoms with Gasteiger partial charge in [0.05, 0.1) is 13.2 Å². The molecule has 3 N–H and O–H groups in total. The Morgan fingerprint density at radius 1 is 1.20 bits per heavy atom. The second-order valence-electron chi connectivity index (χ2n) is 4.58. The van der Waals surface area contributed by atoms with Crippen molar-refractivity contribution >= 4 is 11.6 Å². The molecule has 0 spiro atoms. The molecule has 0 bridgehead atoms. The van der Waals surface area contributed by atoms with Crippen LogP contribution in [-0.4, -0.2) is 18.8 Å². The molecule has 0 saturated carbocycles. The number of hydrogen-bond donors (Lipinski definition) is 2. The molecule has 0 aliphatic carbocycles. The zero-order valence-corrected chi connectivity index (χ0v) is 12.0. The molecule has 0 amide bonds. The van der Waals surface area contributed by atoms with Gasteiger partial charge in [-0.15, -0.1) is 0 Å². The van der Waals surface area contributed by atoms with Crippen LogP contribution in [0.3, 0.4) is 0 Å². The van der Waals surface area contributed by atoms with Gasteiger partial charge < -0.3 is 15.6 Å². The van der Waals surface area contributed by atoms with E-state index in [1.807, 2.05) is 36.4 Å². The van der Waals surface area contributed by atoms with E-state index in [4.69, 9.17) is 22.1 Å². The van der Waals surface area contributed by atoms with Gasteiger partial charge in [0.1, 0.15) is 5.75 Å². The molecule has 0 heterocycles. The van der Waals surface area contributed by atoms with Gasteiger partial charge in [-0.3, -0.25) is 0 Å². The SMILES string of the molecule is COc1ccccc1C(CN)C(O)c1cccc(Cl)c1. The maximum absolute atomic E-state index is 10.6. The summed E-state index contributed by atoms with van der Waals surface area (Å²) in [5.74, 6) is 0.480. The van der Waals surface area contributed by atoms with Crippen LogP contribution in [-0.2, 0) is 0 Å². The minimum absolute atomic E-state index is 0.246. The molecule has 106 valence electrons. The van der Waals surface area contributed by atoms with Gasteiger partial charge in [0, 0.05) is 23.0 Å². The lowest BCUT2D eigenvalue weighted by Crippen LogP contribution is -2.20. The van der Waals surface area contributed by atoms with E-state index in [9.17, 15) is 5.11 Å². The van der Waals surface area contributed by atoms with E-state index in [2.05, 4.69) is 0 Å². The summed E-state index contributed by atoms with van der Waals surface area (Å²) in [5, 5.41) is 11.2. The second kappa shape index (κ2) is 6.75. The molecule has 20 heavy (non-hydrogen) atoms. The molecule has 2 rings (SSSR count). The average molecular weight is 292 g/mol. The van der Waals surface area contributed by atoms with Gasteiger partial charge in [0.15, 0.2) is 0 Å². The van der Waals surface area contributed by atoms with Gasteiger partial charge >= 0.3 is 0 Å². The Morgan fingerprint density at radius 3 is 2.60 bits per heavy atom. The number of rotatable bonds is 5. The van der Waals surface area contributed by atoms with Gasteiger partial charge in [0.2, 0.25) is 0 Å². The number of hydrogen-bond acceptors (Lipinski definition) is 3. The topological polar surface area (TPSA) is 55.5 Å². The van der Waals surface area contributed by atoms with Gasteiger partial charge in [-0.1, -0.05) is 41.9 Å². The third kappa shape index (κ3) is 3.12. The maximum Gasteiger partial charge on any atom is 0.122 e. The standard InChI is InChI=1S/C16H18ClNO2/c1-20-15-8-3-2-7-13(15)14(10-18)16(19)11-5-4-6-12(17)9-11/h2-9,14,16,19H,10,18H2,1H3. The zero-order chi connectivity index (χ0) is 14.5. The van der Waals surface area contributed by atoms with E-state index in [0.29, 0.717) is 11.6 Å². The van der Waals surface area contributed by atoms with Crippen molar-refractivity contribution in [2.45, 2.75) is 12.0 Å². The summed E-state index contributed by atoms with van der Waals surface area (Å²) in [6.07, 6.45) is -0.727. The van der Waals surface area contributed by atoms with E-state index in [-0.39, 0.29) is 5.92 Å². The quantitative estimate of drug-likeness (QED) is 0.890. The number of methoxy groups -OCH3 is 1. The summed E-state index contributed by atoms with van der Waals surface area (Å²) in [6, 6.07) is 14.8. The highest BCUT2D eigenvalue weighted by atomic mass is 35.5. The van der Waals surface area contributed by atoms with Crippen molar-refractivity contribution in [1.29, 1.82) is 0 Å². The van der Waals surface area contributed by atoms with Crippen molar-refractivity contribution in [1.82, 2.24) is 0 Å². The molecule has 0 aliphatic heterocycles. The highest BCUT2D eigenvalue weighted by molar-refractivity contribution is 6.30. The van der Waals surface area contributed by atoms with Crippen molar-refractivity contribution in [3.8, 4) is 5.75 Å². The summed E-state index contributed by atoms with van der Waals surface area (Å²) < 4.78 is 5.35. The van der Waals surface area contributed by atoms with Crippen LogP contribution in [0.15, 0.2) is 48.5 Å². The third-order valence-corrected chi connectivity index (χ3v) is 3.60. The van der Waals surface area contributed by atoms with Crippen LogP contribution >= 0.6 is 11.6 Å². The molecule has 0 saturated heterocycles. The molecular weight excluding hydrogens is 274 g/mol. The predicted octanol–water partition coefficient (Wildman–Crippen LogP) is 3.12. The minimum atomic E-state index is -0.727. The number of nitrogens with two attached hydrogens (primary N) is 1. The van der Waals surface area contributed by atoms with E-state index in [0.717, 1.165) is 16.9 Å². The minimum Gasteiger partial charge on any atom is -0.496 e. The zero-order valence-electron chi connectivity index (χ0n) is 11.3. The first-order chi connectivity index (χ1) is 9.67. The number of ether oxygens (including phenoxy) is 1. The fourth-order valence-corrected chi connectivity index (χ4v) is 2.52. The number of aliphatic hydroxyl groups is 1. The molecule has 2 atom stereocenters. The second-order valence-corrected chi connectivity index (χ2v) is 5.02. The van der Waals surface area contributed by atoms with E-state index >= 15 is 0 Å². The Morgan fingerprint density at radius 2 is 1.95 bits per heavy atom. The fourth-order valence-electron chi connectivity index (χ4n) is 2.32. The Bertz CT molecular complexity index is 574. The lowest BCUT2D eigenvalue weighted by Gasteiger charge is -2.24. The first-order valence-corrected chi connectivity index (χ1v) is 6.81. The van der Waals surface area contributed by atoms with Crippen LogP contribution in [0.4, 0.5) is 0 Å². The van der Waals surface area contributed by atoms with E-state index in [1.54, 1.807) is 19.2 Å². The summed E-state index contributed by atoms with van der Waals surface area (Å²) in [6.45, 7) is 0.314. The number of halogens is 1. The Labute approximate surface area is 123 Å². The lowest BCUT2D eigenvalue weighted by molar-refractivity contribution is 0.146. The van der Waals surface area contributed by atoms with Crippen molar-refractivity contribution in [2.24, 2.45) is 5.73 Å². The number of aliphatic hydroxyl groups excluding tert-OH is 1. The smallest absolute Gasteiger partial charge is 0.122 e. The largest absolute Gasteiger partial charge is 0.496 e. The molecule has 4 heteroatoms. The highest BCUT2D eigenvalue weighted by Gasteiger charge is 2.24. The number of para-hydroxylation sites is 1. The van der Waals surface area contributed by atoms with Crippen LogP contribution in [0.25, 0.3) is 0 Å². The predicted molar refractivity (Wildman–Crippen MR) is 81.2 cm³/mol. The lowest BCUT2D eigenvalue weighted by atomic mass is 9.88.